The fourth-order valence-electron chi connectivity index (χ4n) is 1.52. The molecule has 0 heterocycles. The number of phenolic OH excluding ortho intramolecular Hbond substituents is 1. The largest absolute Gasteiger partial charge is 0.507 e. The molecule has 7 nitrogen and oxygen atoms in total. The third-order valence-corrected chi connectivity index (χ3v) is 2.67. The Morgan fingerprint density at radius 1 is 1.56 bits per heavy atom. The molecule has 5 N–H and O–H groups in total. The number of nitro groups is 1. The molecule has 0 saturated carbocycles. The zero-order valence-corrected chi connectivity index (χ0v) is 10.1. The number of aromatic hydroxyl groups is 1. The van der Waals surface area contributed by atoms with E-state index in [1.807, 2.05) is 0 Å². The standard InChI is InChI=1S/C10H12ClN3O4/c11-4-5-1-6(14(17)18)2-7(10(5)16)8(12)3-9(13)15/h1-2,8,16H,3-4,12H2,(H2,13,15). The molecule has 0 aliphatic heterocycles. The van der Waals surface area contributed by atoms with E-state index in [9.17, 15) is 20.0 Å². The van der Waals surface area contributed by atoms with Crippen LogP contribution in [0, 0.1) is 10.1 Å². The van der Waals surface area contributed by atoms with Crippen molar-refractivity contribution >= 4 is 23.2 Å². The summed E-state index contributed by atoms with van der Waals surface area (Å²) in [5, 5.41) is 20.6. The van der Waals surface area contributed by atoms with Gasteiger partial charge in [0.2, 0.25) is 5.91 Å². The summed E-state index contributed by atoms with van der Waals surface area (Å²) in [5.74, 6) is -1.02. The SMILES string of the molecule is NC(=O)CC(N)c1cc([N+](=O)[O-])cc(CCl)c1O. The molecule has 0 aliphatic rings. The van der Waals surface area contributed by atoms with E-state index in [2.05, 4.69) is 0 Å². The van der Waals surface area contributed by atoms with Crippen molar-refractivity contribution in [3.05, 3.63) is 33.4 Å². The molecule has 0 aromatic heterocycles. The van der Waals surface area contributed by atoms with Gasteiger partial charge in [-0.1, -0.05) is 0 Å². The van der Waals surface area contributed by atoms with E-state index in [4.69, 9.17) is 23.1 Å². The number of non-ortho nitro benzene ring substituents is 1. The van der Waals surface area contributed by atoms with Gasteiger partial charge in [0.05, 0.1) is 10.8 Å². The Morgan fingerprint density at radius 2 is 2.17 bits per heavy atom. The molecule has 0 radical (unpaired) electrons. The smallest absolute Gasteiger partial charge is 0.270 e. The maximum absolute atomic E-state index is 10.8. The predicted octanol–water partition coefficient (Wildman–Crippen LogP) is 0.914. The summed E-state index contributed by atoms with van der Waals surface area (Å²) in [5.41, 5.74) is 10.7. The topological polar surface area (TPSA) is 132 Å². The lowest BCUT2D eigenvalue weighted by Gasteiger charge is -2.13. The lowest BCUT2D eigenvalue weighted by atomic mass is 9.99. The summed E-state index contributed by atoms with van der Waals surface area (Å²) < 4.78 is 0. The molecule has 0 spiro atoms. The number of benzene rings is 1. The summed E-state index contributed by atoms with van der Waals surface area (Å²) in [6, 6.07) is 1.35. The van der Waals surface area contributed by atoms with Crippen molar-refractivity contribution in [2.45, 2.75) is 18.3 Å². The summed E-state index contributed by atoms with van der Waals surface area (Å²) in [7, 11) is 0. The second-order valence-corrected chi connectivity index (χ2v) is 3.98. The van der Waals surface area contributed by atoms with Gasteiger partial charge in [-0.25, -0.2) is 0 Å². The number of primary amides is 1. The van der Waals surface area contributed by atoms with Gasteiger partial charge in [-0.2, -0.15) is 0 Å². The van der Waals surface area contributed by atoms with Gasteiger partial charge < -0.3 is 16.6 Å². The highest BCUT2D eigenvalue weighted by Crippen LogP contribution is 2.33. The van der Waals surface area contributed by atoms with Crippen LogP contribution in [-0.4, -0.2) is 15.9 Å². The van der Waals surface area contributed by atoms with E-state index in [1.165, 1.54) is 0 Å². The summed E-state index contributed by atoms with van der Waals surface area (Å²) >= 11 is 5.58. The van der Waals surface area contributed by atoms with Gasteiger partial charge in [-0.3, -0.25) is 14.9 Å². The Hall–Kier alpha value is -1.86. The highest BCUT2D eigenvalue weighted by Gasteiger charge is 2.21. The number of rotatable bonds is 5. The predicted molar refractivity (Wildman–Crippen MR) is 65.1 cm³/mol. The Labute approximate surface area is 107 Å². The van der Waals surface area contributed by atoms with Crippen molar-refractivity contribution in [1.82, 2.24) is 0 Å². The number of phenols is 1. The highest BCUT2D eigenvalue weighted by atomic mass is 35.5. The molecule has 1 atom stereocenters. The number of alkyl halides is 1. The fourth-order valence-corrected chi connectivity index (χ4v) is 1.72. The quantitative estimate of drug-likeness (QED) is 0.417. The third-order valence-electron chi connectivity index (χ3n) is 2.38. The molecule has 1 amide bonds. The van der Waals surface area contributed by atoms with Gasteiger partial charge in [-0.05, 0) is 0 Å². The molecule has 18 heavy (non-hydrogen) atoms. The van der Waals surface area contributed by atoms with Crippen LogP contribution >= 0.6 is 11.6 Å². The number of hydrogen-bond acceptors (Lipinski definition) is 5. The highest BCUT2D eigenvalue weighted by molar-refractivity contribution is 6.17. The van der Waals surface area contributed by atoms with Crippen molar-refractivity contribution in [2.24, 2.45) is 11.5 Å². The van der Waals surface area contributed by atoms with E-state index in [-0.39, 0.29) is 34.9 Å². The Balaban J connectivity index is 3.28. The van der Waals surface area contributed by atoms with Gasteiger partial charge >= 0.3 is 0 Å². The monoisotopic (exact) mass is 273 g/mol. The molecule has 0 bridgehead atoms. The van der Waals surface area contributed by atoms with Crippen LogP contribution in [0.3, 0.4) is 0 Å². The van der Waals surface area contributed by atoms with Crippen LogP contribution < -0.4 is 11.5 Å². The minimum absolute atomic E-state index is 0.0821. The molecule has 1 rings (SSSR count). The second-order valence-electron chi connectivity index (χ2n) is 3.71. The number of nitrogens with two attached hydrogens (primary N) is 2. The first-order valence-corrected chi connectivity index (χ1v) is 5.50. The van der Waals surface area contributed by atoms with Crippen LogP contribution in [-0.2, 0) is 10.7 Å². The number of carbonyl (C=O) groups excluding carboxylic acids is 1. The average molecular weight is 274 g/mol. The minimum Gasteiger partial charge on any atom is -0.507 e. The maximum atomic E-state index is 10.8. The van der Waals surface area contributed by atoms with Crippen molar-refractivity contribution in [2.75, 3.05) is 0 Å². The van der Waals surface area contributed by atoms with E-state index in [0.717, 1.165) is 12.1 Å². The first kappa shape index (κ1) is 14.2. The van der Waals surface area contributed by atoms with E-state index >= 15 is 0 Å². The lowest BCUT2D eigenvalue weighted by molar-refractivity contribution is -0.385. The second kappa shape index (κ2) is 5.65. The molecule has 1 aromatic carbocycles. The number of hydrogen-bond donors (Lipinski definition) is 3. The fraction of sp³-hybridized carbons (Fsp3) is 0.300. The van der Waals surface area contributed by atoms with Gasteiger partial charge in [0.25, 0.3) is 5.69 Å². The van der Waals surface area contributed by atoms with Crippen LogP contribution in [0.25, 0.3) is 0 Å². The van der Waals surface area contributed by atoms with Crippen LogP contribution in [0.2, 0.25) is 0 Å². The summed E-state index contributed by atoms with van der Waals surface area (Å²) in [6.07, 6.45) is -0.226. The first-order valence-electron chi connectivity index (χ1n) is 4.96. The van der Waals surface area contributed by atoms with Crippen molar-refractivity contribution in [1.29, 1.82) is 0 Å². The van der Waals surface area contributed by atoms with Crippen molar-refractivity contribution in [3.8, 4) is 5.75 Å². The lowest BCUT2D eigenvalue weighted by Crippen LogP contribution is -2.21. The van der Waals surface area contributed by atoms with Gasteiger partial charge in [0.1, 0.15) is 5.75 Å². The minimum atomic E-state index is -0.913. The first-order chi connectivity index (χ1) is 8.36. The van der Waals surface area contributed by atoms with Crippen LogP contribution in [0.4, 0.5) is 5.69 Å². The van der Waals surface area contributed by atoms with Crippen LogP contribution in [0.15, 0.2) is 12.1 Å². The summed E-state index contributed by atoms with van der Waals surface area (Å²) in [6.45, 7) is 0. The van der Waals surface area contributed by atoms with Gasteiger partial charge in [-0.15, -0.1) is 11.6 Å². The molecule has 98 valence electrons. The van der Waals surface area contributed by atoms with Crippen molar-refractivity contribution < 1.29 is 14.8 Å². The third kappa shape index (κ3) is 3.08. The molecular weight excluding hydrogens is 262 g/mol. The number of halogens is 1. The number of nitro benzene ring substituents is 1. The van der Waals surface area contributed by atoms with Crippen LogP contribution in [0.1, 0.15) is 23.6 Å². The van der Waals surface area contributed by atoms with Gasteiger partial charge in [0.15, 0.2) is 0 Å². The zero-order chi connectivity index (χ0) is 13.9. The maximum Gasteiger partial charge on any atom is 0.270 e. The van der Waals surface area contributed by atoms with E-state index in [1.54, 1.807) is 0 Å². The van der Waals surface area contributed by atoms with Crippen LogP contribution in [0.5, 0.6) is 5.75 Å². The Morgan fingerprint density at radius 3 is 2.61 bits per heavy atom. The normalized spacial score (nSPS) is 12.1. The number of carbonyl (C=O) groups is 1. The molecule has 1 aromatic rings. The molecule has 0 saturated heterocycles. The summed E-state index contributed by atoms with van der Waals surface area (Å²) in [4.78, 5) is 20.9. The number of amides is 1. The van der Waals surface area contributed by atoms with Crippen molar-refractivity contribution in [3.63, 3.8) is 0 Å². The molecule has 0 aliphatic carbocycles. The van der Waals surface area contributed by atoms with E-state index < -0.39 is 16.9 Å². The number of nitrogens with zero attached hydrogens (tertiary/aromatic N) is 1. The molecule has 1 unspecified atom stereocenters. The Bertz CT molecular complexity index is 492. The average Bonchev–Trinajstić information content (AvgIpc) is 2.27. The molecular formula is C10H12ClN3O4. The molecule has 8 heteroatoms. The van der Waals surface area contributed by atoms with E-state index in [0.29, 0.717) is 0 Å². The Kier molecular flexibility index (Phi) is 4.46. The zero-order valence-electron chi connectivity index (χ0n) is 9.30. The van der Waals surface area contributed by atoms with Gasteiger partial charge in [0, 0.05) is 35.7 Å². The molecule has 0 fully saturated rings.